The number of nitrogens with one attached hydrogen (secondary N) is 1. The first-order valence-corrected chi connectivity index (χ1v) is 5.03. The Hall–Kier alpha value is -1.52. The number of hydrogen-bond acceptors (Lipinski definition) is 2. The molecule has 0 aromatic rings. The van der Waals surface area contributed by atoms with E-state index in [9.17, 15) is 9.59 Å². The highest BCUT2D eigenvalue weighted by atomic mass is 16.4. The molecule has 0 aromatic heterocycles. The minimum absolute atomic E-state index is 0.0989. The summed E-state index contributed by atoms with van der Waals surface area (Å²) in [6, 6.07) is -0.294. The summed E-state index contributed by atoms with van der Waals surface area (Å²) in [7, 11) is 1.64. The number of urea groups is 1. The van der Waals surface area contributed by atoms with Crippen LogP contribution in [0.4, 0.5) is 4.79 Å². The van der Waals surface area contributed by atoms with Gasteiger partial charge in [0.1, 0.15) is 0 Å². The van der Waals surface area contributed by atoms with Gasteiger partial charge in [0.25, 0.3) is 0 Å². The van der Waals surface area contributed by atoms with Crippen LogP contribution in [0.25, 0.3) is 0 Å². The number of carbonyl (C=O) groups is 2. The zero-order valence-corrected chi connectivity index (χ0v) is 10.3. The van der Waals surface area contributed by atoms with Crippen molar-refractivity contribution in [3.8, 4) is 0 Å². The molecule has 0 atom stereocenters. The van der Waals surface area contributed by atoms with Crippen LogP contribution in [0, 0.1) is 5.41 Å². The molecule has 2 N–H and O–H groups in total. The normalized spacial score (nSPS) is 10.8. The van der Waals surface area contributed by atoms with Gasteiger partial charge in [-0.1, -0.05) is 12.2 Å². The second-order valence-corrected chi connectivity index (χ2v) is 4.66. The molecule has 0 aromatic carbocycles. The van der Waals surface area contributed by atoms with Crippen LogP contribution in [0.3, 0.4) is 0 Å². The number of carbonyl (C=O) groups excluding carboxylic acids is 1. The lowest BCUT2D eigenvalue weighted by Crippen LogP contribution is -2.44. The third-order valence-corrected chi connectivity index (χ3v) is 2.11. The van der Waals surface area contributed by atoms with Gasteiger partial charge in [0.05, 0.1) is 5.41 Å². The third-order valence-electron chi connectivity index (χ3n) is 2.11. The van der Waals surface area contributed by atoms with E-state index in [4.69, 9.17) is 5.11 Å². The smallest absolute Gasteiger partial charge is 0.317 e. The van der Waals surface area contributed by atoms with Crippen molar-refractivity contribution < 1.29 is 14.7 Å². The van der Waals surface area contributed by atoms with Crippen LogP contribution >= 0.6 is 0 Å². The summed E-state index contributed by atoms with van der Waals surface area (Å²) in [4.78, 5) is 23.8. The molecule has 5 heteroatoms. The highest BCUT2D eigenvalue weighted by Gasteiger charge is 2.27. The second-order valence-electron chi connectivity index (χ2n) is 4.66. The molecule has 0 spiro atoms. The average molecular weight is 228 g/mol. The fraction of sp³-hybridized carbons (Fsp3) is 0.636. The van der Waals surface area contributed by atoms with E-state index in [1.54, 1.807) is 20.9 Å². The first kappa shape index (κ1) is 14.5. The lowest BCUT2D eigenvalue weighted by molar-refractivity contribution is -0.146. The zero-order valence-electron chi connectivity index (χ0n) is 10.3. The highest BCUT2D eigenvalue weighted by molar-refractivity contribution is 5.77. The first-order chi connectivity index (χ1) is 7.16. The Balaban J connectivity index is 4.17. The number of carboxylic acid groups (broad SMARTS) is 1. The van der Waals surface area contributed by atoms with Crippen LogP contribution in [0.2, 0.25) is 0 Å². The molecule has 0 fully saturated rings. The van der Waals surface area contributed by atoms with E-state index in [0.717, 1.165) is 5.57 Å². The van der Waals surface area contributed by atoms with E-state index in [-0.39, 0.29) is 12.6 Å². The fourth-order valence-electron chi connectivity index (χ4n) is 0.984. The summed E-state index contributed by atoms with van der Waals surface area (Å²) in [6.07, 6.45) is 0. The van der Waals surface area contributed by atoms with E-state index in [0.29, 0.717) is 6.54 Å². The maximum absolute atomic E-state index is 11.5. The maximum atomic E-state index is 11.5. The van der Waals surface area contributed by atoms with Gasteiger partial charge in [0, 0.05) is 20.1 Å². The molecule has 0 saturated carbocycles. The number of rotatable bonds is 5. The molecule has 0 aliphatic carbocycles. The van der Waals surface area contributed by atoms with Crippen molar-refractivity contribution in [2.45, 2.75) is 20.8 Å². The van der Waals surface area contributed by atoms with Crippen LogP contribution in [0.15, 0.2) is 12.2 Å². The largest absolute Gasteiger partial charge is 0.481 e. The molecule has 0 heterocycles. The monoisotopic (exact) mass is 228 g/mol. The number of hydrogen-bond donors (Lipinski definition) is 2. The van der Waals surface area contributed by atoms with Gasteiger partial charge in [-0.25, -0.2) is 4.79 Å². The quantitative estimate of drug-likeness (QED) is 0.697. The van der Waals surface area contributed by atoms with Crippen molar-refractivity contribution in [2.75, 3.05) is 20.1 Å². The Morgan fingerprint density at radius 3 is 2.31 bits per heavy atom. The highest BCUT2D eigenvalue weighted by Crippen LogP contribution is 2.13. The molecule has 0 aliphatic rings. The lowest BCUT2D eigenvalue weighted by Gasteiger charge is -2.23. The maximum Gasteiger partial charge on any atom is 0.317 e. The number of nitrogens with zero attached hydrogens (tertiary/aromatic N) is 1. The molecule has 0 aliphatic heterocycles. The van der Waals surface area contributed by atoms with Gasteiger partial charge in [-0.05, 0) is 20.8 Å². The second kappa shape index (κ2) is 5.53. The predicted molar refractivity (Wildman–Crippen MR) is 62.3 cm³/mol. The first-order valence-electron chi connectivity index (χ1n) is 5.03. The van der Waals surface area contributed by atoms with E-state index in [1.807, 2.05) is 6.92 Å². The summed E-state index contributed by atoms with van der Waals surface area (Å²) in [5, 5.41) is 11.4. The van der Waals surface area contributed by atoms with Crippen LogP contribution in [-0.2, 0) is 4.79 Å². The molecule has 0 saturated heterocycles. The average Bonchev–Trinajstić information content (AvgIpc) is 2.12. The molecular formula is C11H20N2O3. The van der Waals surface area contributed by atoms with Gasteiger partial charge in [-0.2, -0.15) is 0 Å². The van der Waals surface area contributed by atoms with E-state index < -0.39 is 11.4 Å². The third kappa shape index (κ3) is 4.82. The van der Waals surface area contributed by atoms with Gasteiger partial charge < -0.3 is 15.3 Å². The molecule has 16 heavy (non-hydrogen) atoms. The molecule has 0 rings (SSSR count). The van der Waals surface area contributed by atoms with Gasteiger partial charge in [-0.3, -0.25) is 4.79 Å². The van der Waals surface area contributed by atoms with E-state index >= 15 is 0 Å². The minimum atomic E-state index is -0.959. The van der Waals surface area contributed by atoms with Crippen molar-refractivity contribution in [1.82, 2.24) is 10.2 Å². The van der Waals surface area contributed by atoms with Crippen LogP contribution in [0.5, 0.6) is 0 Å². The van der Waals surface area contributed by atoms with Gasteiger partial charge >= 0.3 is 12.0 Å². The summed E-state index contributed by atoms with van der Waals surface area (Å²) >= 11 is 0. The van der Waals surface area contributed by atoms with Crippen LogP contribution < -0.4 is 5.32 Å². The van der Waals surface area contributed by atoms with E-state index in [2.05, 4.69) is 11.9 Å². The molecule has 5 nitrogen and oxygen atoms in total. The van der Waals surface area contributed by atoms with Crippen molar-refractivity contribution in [2.24, 2.45) is 5.41 Å². The summed E-state index contributed by atoms with van der Waals surface area (Å²) in [5.74, 6) is -0.935. The molecular weight excluding hydrogens is 208 g/mol. The minimum Gasteiger partial charge on any atom is -0.481 e. The standard InChI is InChI=1S/C11H20N2O3/c1-8(2)6-13(5)10(16)12-7-11(3,4)9(14)15/h1,6-7H2,2-5H3,(H,12,16)(H,14,15). The Kier molecular flexibility index (Phi) is 5.01. The SMILES string of the molecule is C=C(C)CN(C)C(=O)NCC(C)(C)C(=O)O. The molecule has 0 bridgehead atoms. The van der Waals surface area contributed by atoms with Crippen molar-refractivity contribution >= 4 is 12.0 Å². The Morgan fingerprint density at radius 1 is 1.44 bits per heavy atom. The van der Waals surface area contributed by atoms with Gasteiger partial charge in [0.15, 0.2) is 0 Å². The molecule has 2 amide bonds. The molecule has 92 valence electrons. The molecule has 0 unspecified atom stereocenters. The fourth-order valence-corrected chi connectivity index (χ4v) is 0.984. The Morgan fingerprint density at radius 2 is 1.94 bits per heavy atom. The molecule has 0 radical (unpaired) electrons. The number of carboxylic acids is 1. The van der Waals surface area contributed by atoms with Crippen molar-refractivity contribution in [3.05, 3.63) is 12.2 Å². The number of likely N-dealkylation sites (N-methyl/N-ethyl adjacent to an activating group) is 1. The summed E-state index contributed by atoms with van der Waals surface area (Å²) in [5.41, 5.74) is -0.0881. The predicted octanol–water partition coefficient (Wildman–Crippen LogP) is 1.31. The Bertz CT molecular complexity index is 298. The Labute approximate surface area is 96.1 Å². The van der Waals surface area contributed by atoms with Crippen molar-refractivity contribution in [1.29, 1.82) is 0 Å². The zero-order chi connectivity index (χ0) is 12.9. The number of aliphatic carboxylic acids is 1. The van der Waals surface area contributed by atoms with Gasteiger partial charge in [-0.15, -0.1) is 0 Å². The topological polar surface area (TPSA) is 69.6 Å². The van der Waals surface area contributed by atoms with Crippen LogP contribution in [-0.4, -0.2) is 42.1 Å². The van der Waals surface area contributed by atoms with Crippen LogP contribution in [0.1, 0.15) is 20.8 Å². The summed E-state index contributed by atoms with van der Waals surface area (Å²) in [6.45, 7) is 9.21. The number of amides is 2. The van der Waals surface area contributed by atoms with E-state index in [1.165, 1.54) is 4.90 Å². The lowest BCUT2D eigenvalue weighted by atomic mass is 9.94. The summed E-state index contributed by atoms with van der Waals surface area (Å²) < 4.78 is 0. The van der Waals surface area contributed by atoms with Gasteiger partial charge in [0.2, 0.25) is 0 Å². The van der Waals surface area contributed by atoms with Crippen molar-refractivity contribution in [3.63, 3.8) is 0 Å².